The molecular formula is C16H18N4O3. The number of aromatic amines is 1. The molecule has 1 aromatic heterocycles. The second kappa shape index (κ2) is 6.20. The number of fused-ring (bicyclic) bond motifs is 1. The minimum absolute atomic E-state index is 0.00164. The summed E-state index contributed by atoms with van der Waals surface area (Å²) in [5.74, 6) is -0.492. The van der Waals surface area contributed by atoms with Gasteiger partial charge in [-0.2, -0.15) is 5.10 Å². The first kappa shape index (κ1) is 15.2. The van der Waals surface area contributed by atoms with E-state index >= 15 is 0 Å². The van der Waals surface area contributed by atoms with Gasteiger partial charge in [0.2, 0.25) is 11.8 Å². The van der Waals surface area contributed by atoms with Gasteiger partial charge in [0.15, 0.2) is 0 Å². The van der Waals surface area contributed by atoms with Crippen LogP contribution in [0.1, 0.15) is 25.5 Å². The molecule has 7 heteroatoms. The molecule has 1 heterocycles. The SMILES string of the molecule is C[C@@H](NC(=O)Cc1n[nH]c(=O)c2ccccc12)C(=O)NC1CC1. The van der Waals surface area contributed by atoms with Crippen molar-refractivity contribution in [3.63, 3.8) is 0 Å². The molecule has 3 N–H and O–H groups in total. The maximum atomic E-state index is 12.1. The summed E-state index contributed by atoms with van der Waals surface area (Å²) < 4.78 is 0. The number of carbonyl (C=O) groups is 2. The number of aromatic nitrogens is 2. The minimum atomic E-state index is -0.600. The van der Waals surface area contributed by atoms with Gasteiger partial charge in [-0.25, -0.2) is 5.10 Å². The Bertz CT molecular complexity index is 810. The molecule has 0 radical (unpaired) electrons. The molecule has 0 saturated heterocycles. The van der Waals surface area contributed by atoms with E-state index in [9.17, 15) is 14.4 Å². The van der Waals surface area contributed by atoms with Crippen LogP contribution in [0.25, 0.3) is 10.8 Å². The highest BCUT2D eigenvalue weighted by molar-refractivity contribution is 5.91. The summed E-state index contributed by atoms with van der Waals surface area (Å²) in [4.78, 5) is 35.7. The Labute approximate surface area is 132 Å². The molecule has 1 aliphatic carbocycles. The minimum Gasteiger partial charge on any atom is -0.352 e. The highest BCUT2D eigenvalue weighted by Crippen LogP contribution is 2.18. The third-order valence-corrected chi connectivity index (χ3v) is 3.80. The Morgan fingerprint density at radius 3 is 2.70 bits per heavy atom. The normalized spacial score (nSPS) is 15.2. The second-order valence-corrected chi connectivity index (χ2v) is 5.79. The molecule has 1 fully saturated rings. The molecule has 3 rings (SSSR count). The van der Waals surface area contributed by atoms with Crippen molar-refractivity contribution in [2.45, 2.75) is 38.3 Å². The summed E-state index contributed by atoms with van der Waals surface area (Å²) in [6.45, 7) is 1.65. The summed E-state index contributed by atoms with van der Waals surface area (Å²) in [6, 6.07) is 6.64. The van der Waals surface area contributed by atoms with Gasteiger partial charge in [-0.05, 0) is 25.8 Å². The Hall–Kier alpha value is -2.70. The van der Waals surface area contributed by atoms with Crippen molar-refractivity contribution < 1.29 is 9.59 Å². The third-order valence-electron chi connectivity index (χ3n) is 3.80. The second-order valence-electron chi connectivity index (χ2n) is 5.79. The standard InChI is InChI=1S/C16H18N4O3/c1-9(15(22)18-10-6-7-10)17-14(21)8-13-11-4-2-3-5-12(11)16(23)20-19-13/h2-5,9-10H,6-8H2,1H3,(H,17,21)(H,18,22)(H,20,23)/t9-/m1/s1. The molecule has 2 aromatic rings. The lowest BCUT2D eigenvalue weighted by Crippen LogP contribution is -2.46. The van der Waals surface area contributed by atoms with Gasteiger partial charge in [0.05, 0.1) is 17.5 Å². The zero-order chi connectivity index (χ0) is 16.4. The Balaban J connectivity index is 1.69. The van der Waals surface area contributed by atoms with Crippen LogP contribution in [-0.4, -0.2) is 34.1 Å². The maximum Gasteiger partial charge on any atom is 0.272 e. The number of hydrogen-bond donors (Lipinski definition) is 3. The van der Waals surface area contributed by atoms with E-state index in [-0.39, 0.29) is 29.8 Å². The average molecular weight is 314 g/mol. The Morgan fingerprint density at radius 2 is 2.00 bits per heavy atom. The Morgan fingerprint density at radius 1 is 1.30 bits per heavy atom. The first-order chi connectivity index (χ1) is 11.0. The van der Waals surface area contributed by atoms with E-state index in [1.165, 1.54) is 0 Å². The molecule has 1 aliphatic rings. The summed E-state index contributed by atoms with van der Waals surface area (Å²) in [5, 5.41) is 13.0. The monoisotopic (exact) mass is 314 g/mol. The van der Waals surface area contributed by atoms with Gasteiger partial charge in [0.25, 0.3) is 5.56 Å². The number of amides is 2. The van der Waals surface area contributed by atoms with Crippen LogP contribution < -0.4 is 16.2 Å². The van der Waals surface area contributed by atoms with Crippen molar-refractivity contribution in [2.24, 2.45) is 0 Å². The van der Waals surface area contributed by atoms with E-state index in [2.05, 4.69) is 20.8 Å². The molecule has 2 amide bonds. The zero-order valence-corrected chi connectivity index (χ0v) is 12.8. The van der Waals surface area contributed by atoms with E-state index < -0.39 is 6.04 Å². The molecule has 23 heavy (non-hydrogen) atoms. The van der Waals surface area contributed by atoms with Gasteiger partial charge < -0.3 is 10.6 Å². The van der Waals surface area contributed by atoms with Gasteiger partial charge in [-0.3, -0.25) is 14.4 Å². The highest BCUT2D eigenvalue weighted by atomic mass is 16.2. The summed E-state index contributed by atoms with van der Waals surface area (Å²) in [5.41, 5.74) is 0.189. The van der Waals surface area contributed by atoms with Gasteiger partial charge >= 0.3 is 0 Å². The summed E-state index contributed by atoms with van der Waals surface area (Å²) in [6.07, 6.45) is 2.00. The predicted octanol–water partition coefficient (Wildman–Crippen LogP) is 0.249. The summed E-state index contributed by atoms with van der Waals surface area (Å²) >= 11 is 0. The quantitative estimate of drug-likeness (QED) is 0.736. The molecule has 0 unspecified atom stereocenters. The van der Waals surface area contributed by atoms with Crippen LogP contribution in [0.3, 0.4) is 0 Å². The van der Waals surface area contributed by atoms with Crippen molar-refractivity contribution in [3.05, 3.63) is 40.3 Å². The topological polar surface area (TPSA) is 104 Å². The van der Waals surface area contributed by atoms with Crippen LogP contribution >= 0.6 is 0 Å². The van der Waals surface area contributed by atoms with Crippen LogP contribution in [-0.2, 0) is 16.0 Å². The van der Waals surface area contributed by atoms with Gasteiger partial charge in [0.1, 0.15) is 6.04 Å². The largest absolute Gasteiger partial charge is 0.352 e. The van der Waals surface area contributed by atoms with Crippen molar-refractivity contribution in [3.8, 4) is 0 Å². The lowest BCUT2D eigenvalue weighted by molar-refractivity contribution is -0.128. The van der Waals surface area contributed by atoms with Crippen LogP contribution in [0.5, 0.6) is 0 Å². The van der Waals surface area contributed by atoms with Crippen molar-refractivity contribution in [1.29, 1.82) is 0 Å². The number of rotatable bonds is 5. The van der Waals surface area contributed by atoms with Crippen LogP contribution in [0.2, 0.25) is 0 Å². The first-order valence-electron chi connectivity index (χ1n) is 7.60. The van der Waals surface area contributed by atoms with E-state index in [0.717, 1.165) is 12.8 Å². The van der Waals surface area contributed by atoms with Crippen LogP contribution in [0, 0.1) is 0 Å². The smallest absolute Gasteiger partial charge is 0.272 e. The number of benzene rings is 1. The molecule has 0 bridgehead atoms. The fourth-order valence-electron chi connectivity index (χ4n) is 2.37. The molecule has 0 spiro atoms. The number of nitrogens with one attached hydrogen (secondary N) is 3. The number of carbonyl (C=O) groups excluding carboxylic acids is 2. The lowest BCUT2D eigenvalue weighted by Gasteiger charge is -2.14. The van der Waals surface area contributed by atoms with Gasteiger partial charge in [-0.1, -0.05) is 18.2 Å². The molecule has 1 atom stereocenters. The molecule has 0 aliphatic heterocycles. The fraction of sp³-hybridized carbons (Fsp3) is 0.375. The van der Waals surface area contributed by atoms with Gasteiger partial charge in [0, 0.05) is 11.4 Å². The molecular weight excluding hydrogens is 296 g/mol. The average Bonchev–Trinajstić information content (AvgIpc) is 3.34. The number of H-pyrrole nitrogens is 1. The first-order valence-corrected chi connectivity index (χ1v) is 7.60. The number of hydrogen-bond acceptors (Lipinski definition) is 4. The van der Waals surface area contributed by atoms with E-state index in [4.69, 9.17) is 0 Å². The zero-order valence-electron chi connectivity index (χ0n) is 12.8. The van der Waals surface area contributed by atoms with Crippen LogP contribution in [0.4, 0.5) is 0 Å². The fourth-order valence-corrected chi connectivity index (χ4v) is 2.37. The van der Waals surface area contributed by atoms with Crippen LogP contribution in [0.15, 0.2) is 29.1 Å². The van der Waals surface area contributed by atoms with E-state index in [0.29, 0.717) is 16.5 Å². The molecule has 1 saturated carbocycles. The van der Waals surface area contributed by atoms with E-state index in [1.807, 2.05) is 0 Å². The molecule has 1 aromatic carbocycles. The lowest BCUT2D eigenvalue weighted by atomic mass is 10.1. The predicted molar refractivity (Wildman–Crippen MR) is 84.8 cm³/mol. The van der Waals surface area contributed by atoms with Crippen molar-refractivity contribution >= 4 is 22.6 Å². The third kappa shape index (κ3) is 3.56. The van der Waals surface area contributed by atoms with Gasteiger partial charge in [-0.15, -0.1) is 0 Å². The van der Waals surface area contributed by atoms with Crippen molar-refractivity contribution in [2.75, 3.05) is 0 Å². The Kier molecular flexibility index (Phi) is 4.10. The van der Waals surface area contributed by atoms with E-state index in [1.54, 1.807) is 31.2 Å². The highest BCUT2D eigenvalue weighted by Gasteiger charge is 2.26. The molecule has 7 nitrogen and oxygen atoms in total. The molecule has 120 valence electrons. The maximum absolute atomic E-state index is 12.1. The summed E-state index contributed by atoms with van der Waals surface area (Å²) in [7, 11) is 0. The van der Waals surface area contributed by atoms with Crippen molar-refractivity contribution in [1.82, 2.24) is 20.8 Å². The number of nitrogens with zero attached hydrogens (tertiary/aromatic N) is 1.